The van der Waals surface area contributed by atoms with Crippen molar-refractivity contribution in [3.63, 3.8) is 0 Å². The van der Waals surface area contributed by atoms with Gasteiger partial charge in [0, 0.05) is 5.69 Å². The van der Waals surface area contributed by atoms with E-state index in [1.807, 2.05) is 6.08 Å². The smallest absolute Gasteiger partial charge is 0.340 e. The number of carbonyl (C=O) groups excluding carboxylic acids is 1. The fourth-order valence-corrected chi connectivity index (χ4v) is 0.892. The Balaban J connectivity index is 0.000000487. The first-order valence-electron chi connectivity index (χ1n) is 5.29. The molecule has 0 aliphatic carbocycles. The maximum Gasteiger partial charge on any atom is 0.340 e. The lowest BCUT2D eigenvalue weighted by molar-refractivity contribution is 0.0527. The van der Waals surface area contributed by atoms with E-state index in [0.717, 1.165) is 6.42 Å². The number of allylic oxidation sites excluding steroid dienone is 1. The molecule has 0 bridgehead atoms. The Hall–Kier alpha value is -1.77. The van der Waals surface area contributed by atoms with Crippen LogP contribution in [0.5, 0.6) is 0 Å². The Morgan fingerprint density at radius 2 is 2.00 bits per heavy atom. The van der Waals surface area contributed by atoms with E-state index < -0.39 is 0 Å². The van der Waals surface area contributed by atoms with Gasteiger partial charge in [0.25, 0.3) is 0 Å². The third kappa shape index (κ3) is 5.20. The molecule has 0 aromatic heterocycles. The molecule has 2 N–H and O–H groups in total. The molecule has 0 spiro atoms. The van der Waals surface area contributed by atoms with Crippen molar-refractivity contribution in [1.29, 1.82) is 0 Å². The average molecular weight is 221 g/mol. The summed E-state index contributed by atoms with van der Waals surface area (Å²) in [5.74, 6) is -0.365. The maximum atomic E-state index is 11.2. The lowest BCUT2D eigenvalue weighted by atomic mass is 10.2. The highest BCUT2D eigenvalue weighted by Gasteiger charge is 2.08. The van der Waals surface area contributed by atoms with E-state index in [1.165, 1.54) is 0 Å². The molecule has 0 aliphatic heterocycles. The second kappa shape index (κ2) is 8.53. The predicted molar refractivity (Wildman–Crippen MR) is 67.3 cm³/mol. The molecule has 0 saturated heterocycles. The van der Waals surface area contributed by atoms with Gasteiger partial charge in [-0.15, -0.1) is 6.58 Å². The number of carbonyl (C=O) groups is 1. The fraction of sp³-hybridized carbons (Fsp3) is 0.308. The molecule has 16 heavy (non-hydrogen) atoms. The lowest BCUT2D eigenvalue weighted by Gasteiger charge is -2.03. The van der Waals surface area contributed by atoms with E-state index in [2.05, 4.69) is 13.5 Å². The minimum Gasteiger partial charge on any atom is -0.462 e. The fourth-order valence-electron chi connectivity index (χ4n) is 0.892. The van der Waals surface area contributed by atoms with Crippen LogP contribution in [0.3, 0.4) is 0 Å². The molecule has 0 aliphatic rings. The van der Waals surface area contributed by atoms with Crippen LogP contribution in [-0.2, 0) is 4.74 Å². The molecule has 3 nitrogen and oxygen atoms in total. The second-order valence-corrected chi connectivity index (χ2v) is 3.00. The summed E-state index contributed by atoms with van der Waals surface area (Å²) in [5, 5.41) is 0. The summed E-state index contributed by atoms with van der Waals surface area (Å²) in [7, 11) is 0. The Morgan fingerprint density at radius 1 is 1.44 bits per heavy atom. The zero-order chi connectivity index (χ0) is 12.4. The van der Waals surface area contributed by atoms with Crippen molar-refractivity contribution >= 4 is 11.7 Å². The first-order chi connectivity index (χ1) is 7.67. The van der Waals surface area contributed by atoms with Crippen molar-refractivity contribution < 1.29 is 9.53 Å². The number of anilines is 1. The number of hydrogen-bond donors (Lipinski definition) is 1. The number of hydrogen-bond acceptors (Lipinski definition) is 3. The van der Waals surface area contributed by atoms with E-state index in [9.17, 15) is 4.79 Å². The van der Waals surface area contributed by atoms with E-state index in [0.29, 0.717) is 17.9 Å². The molecule has 3 heteroatoms. The molecule has 0 heterocycles. The molecule has 0 fully saturated rings. The number of rotatable bonds is 3. The normalized spacial score (nSPS) is 8.62. The zero-order valence-corrected chi connectivity index (χ0v) is 9.90. The first kappa shape index (κ1) is 14.2. The quantitative estimate of drug-likeness (QED) is 0.485. The monoisotopic (exact) mass is 221 g/mol. The summed E-state index contributed by atoms with van der Waals surface area (Å²) in [5.41, 5.74) is 6.44. The van der Waals surface area contributed by atoms with Crippen LogP contribution >= 0.6 is 0 Å². The Bertz CT molecular complexity index is 334. The summed E-state index contributed by atoms with van der Waals surface area (Å²) < 4.78 is 4.79. The average Bonchev–Trinajstić information content (AvgIpc) is 2.30. The van der Waals surface area contributed by atoms with Crippen molar-refractivity contribution in [3.05, 3.63) is 42.5 Å². The topological polar surface area (TPSA) is 52.3 Å². The molecular weight excluding hydrogens is 202 g/mol. The van der Waals surface area contributed by atoms with Crippen LogP contribution < -0.4 is 5.73 Å². The highest BCUT2D eigenvalue weighted by Crippen LogP contribution is 2.11. The molecule has 0 amide bonds. The predicted octanol–water partition coefficient (Wildman–Crippen LogP) is 3.03. The molecule has 1 rings (SSSR count). The minimum absolute atomic E-state index is 0.365. The number of esters is 1. The van der Waals surface area contributed by atoms with Crippen LogP contribution in [0.1, 0.15) is 30.6 Å². The third-order valence-electron chi connectivity index (χ3n) is 1.74. The summed E-state index contributed by atoms with van der Waals surface area (Å²) >= 11 is 0. The van der Waals surface area contributed by atoms with Crippen LogP contribution in [0, 0.1) is 0 Å². The van der Waals surface area contributed by atoms with Gasteiger partial charge in [-0.3, -0.25) is 0 Å². The van der Waals surface area contributed by atoms with E-state index in [-0.39, 0.29) is 5.97 Å². The number of nitrogen functional groups attached to an aromatic ring is 1. The van der Waals surface area contributed by atoms with E-state index in [4.69, 9.17) is 10.5 Å². The molecule has 0 unspecified atom stereocenters. The van der Waals surface area contributed by atoms with Gasteiger partial charge in [-0.25, -0.2) is 4.79 Å². The highest BCUT2D eigenvalue weighted by atomic mass is 16.5. The maximum absolute atomic E-state index is 11.2. The van der Waals surface area contributed by atoms with Crippen LogP contribution in [0.25, 0.3) is 0 Å². The van der Waals surface area contributed by atoms with Gasteiger partial charge >= 0.3 is 5.97 Å². The minimum atomic E-state index is -0.365. The number of ether oxygens (including phenoxy) is 1. The Kier molecular flexibility index (Phi) is 7.59. The highest BCUT2D eigenvalue weighted by molar-refractivity contribution is 5.94. The van der Waals surface area contributed by atoms with Crippen molar-refractivity contribution in [1.82, 2.24) is 0 Å². The molecule has 88 valence electrons. The molecule has 0 saturated carbocycles. The summed E-state index contributed by atoms with van der Waals surface area (Å²) in [6, 6.07) is 6.85. The van der Waals surface area contributed by atoms with Crippen molar-refractivity contribution in [2.24, 2.45) is 0 Å². The molecule has 1 aromatic carbocycles. The van der Waals surface area contributed by atoms with Gasteiger partial charge in [-0.2, -0.15) is 0 Å². The van der Waals surface area contributed by atoms with E-state index >= 15 is 0 Å². The lowest BCUT2D eigenvalue weighted by Crippen LogP contribution is -2.07. The van der Waals surface area contributed by atoms with Crippen molar-refractivity contribution in [3.8, 4) is 0 Å². The van der Waals surface area contributed by atoms with Crippen molar-refractivity contribution in [2.45, 2.75) is 20.3 Å². The zero-order valence-electron chi connectivity index (χ0n) is 9.90. The van der Waals surface area contributed by atoms with Gasteiger partial charge in [-0.05, 0) is 25.5 Å². The SMILES string of the molecule is C=CCC.CCOC(=O)c1ccccc1N. The second-order valence-electron chi connectivity index (χ2n) is 3.00. The van der Waals surface area contributed by atoms with Crippen LogP contribution in [0.2, 0.25) is 0 Å². The van der Waals surface area contributed by atoms with Gasteiger partial charge in [0.05, 0.1) is 12.2 Å². The number of nitrogens with two attached hydrogens (primary N) is 1. The van der Waals surface area contributed by atoms with Crippen LogP contribution in [0.15, 0.2) is 36.9 Å². The van der Waals surface area contributed by atoms with Gasteiger partial charge in [-0.1, -0.05) is 25.1 Å². The molecule has 0 radical (unpaired) electrons. The summed E-state index contributed by atoms with van der Waals surface area (Å²) in [4.78, 5) is 11.2. The molecule has 0 atom stereocenters. The largest absolute Gasteiger partial charge is 0.462 e. The van der Waals surface area contributed by atoms with Crippen molar-refractivity contribution in [2.75, 3.05) is 12.3 Å². The van der Waals surface area contributed by atoms with Gasteiger partial charge in [0.15, 0.2) is 0 Å². The third-order valence-corrected chi connectivity index (χ3v) is 1.74. The van der Waals surface area contributed by atoms with Gasteiger partial charge in [0.1, 0.15) is 0 Å². The first-order valence-corrected chi connectivity index (χ1v) is 5.29. The van der Waals surface area contributed by atoms with Gasteiger partial charge in [0.2, 0.25) is 0 Å². The Morgan fingerprint density at radius 3 is 2.44 bits per heavy atom. The van der Waals surface area contributed by atoms with Crippen LogP contribution in [0.4, 0.5) is 5.69 Å². The van der Waals surface area contributed by atoms with Crippen LogP contribution in [-0.4, -0.2) is 12.6 Å². The Labute approximate surface area is 96.9 Å². The summed E-state index contributed by atoms with van der Waals surface area (Å²) in [6.07, 6.45) is 2.96. The summed E-state index contributed by atoms with van der Waals surface area (Å²) in [6.45, 7) is 7.67. The van der Waals surface area contributed by atoms with E-state index in [1.54, 1.807) is 31.2 Å². The van der Waals surface area contributed by atoms with Gasteiger partial charge < -0.3 is 10.5 Å². The molecular formula is C13H19NO2. The molecule has 1 aromatic rings. The standard InChI is InChI=1S/C9H11NO2.C4H8/c1-2-12-9(11)7-5-3-4-6-8(7)10;1-3-4-2/h3-6H,2,10H2,1H3;3H,1,4H2,2H3. The number of para-hydroxylation sites is 1. The number of benzene rings is 1.